The summed E-state index contributed by atoms with van der Waals surface area (Å²) >= 11 is 0. The smallest absolute Gasteiger partial charge is 0.147 e. The average Bonchev–Trinajstić information content (AvgIpc) is 3.29. The normalized spacial score (nSPS) is 34.3. The zero-order chi connectivity index (χ0) is 31.2. The lowest BCUT2D eigenvalue weighted by atomic mass is 9.70. The number of hydrogen-bond acceptors (Lipinski definition) is 10. The van der Waals surface area contributed by atoms with Crippen LogP contribution in [0.1, 0.15) is 41.5 Å². The number of aliphatic hydroxyl groups is 7. The zero-order valence-electron chi connectivity index (χ0n) is 24.5. The molecule has 44 heavy (non-hydrogen) atoms. The summed E-state index contributed by atoms with van der Waals surface area (Å²) in [7, 11) is 2.11. The summed E-state index contributed by atoms with van der Waals surface area (Å²) in [6.45, 7) is 1.03. The van der Waals surface area contributed by atoms with E-state index in [-0.39, 0.29) is 18.4 Å². The fourth-order valence-corrected chi connectivity index (χ4v) is 6.91. The van der Waals surface area contributed by atoms with Gasteiger partial charge in [-0.05, 0) is 79.5 Å². The Bertz CT molecular complexity index is 1500. The monoisotopic (exact) mass is 605 g/mol. The molecular formula is C34H39NO9. The Kier molecular flexibility index (Phi) is 8.86. The number of nitrogens with zero attached hydrogens (tertiary/aromatic N) is 1. The van der Waals surface area contributed by atoms with Gasteiger partial charge in [0.1, 0.15) is 42.7 Å². The summed E-state index contributed by atoms with van der Waals surface area (Å²) in [5, 5.41) is 70.3. The first-order chi connectivity index (χ1) is 21.1. The highest BCUT2D eigenvalue weighted by Gasteiger charge is 2.45. The van der Waals surface area contributed by atoms with Crippen molar-refractivity contribution in [3.63, 3.8) is 0 Å². The number of aliphatic hydroxyl groups excluding tert-OH is 7. The molecule has 7 N–H and O–H groups in total. The summed E-state index contributed by atoms with van der Waals surface area (Å²) in [6.07, 6.45) is -8.18. The van der Waals surface area contributed by atoms with Gasteiger partial charge in [0.2, 0.25) is 0 Å². The summed E-state index contributed by atoms with van der Waals surface area (Å²) in [5.74, 6) is 12.1. The molecule has 0 aromatic heterocycles. The van der Waals surface area contributed by atoms with E-state index in [0.717, 1.165) is 48.2 Å². The predicted octanol–water partition coefficient (Wildman–Crippen LogP) is -0.904. The largest absolute Gasteiger partial charge is 0.394 e. The van der Waals surface area contributed by atoms with Gasteiger partial charge in [-0.15, -0.1) is 0 Å². The highest BCUT2D eigenvalue weighted by molar-refractivity contribution is 5.82. The minimum Gasteiger partial charge on any atom is -0.394 e. The summed E-state index contributed by atoms with van der Waals surface area (Å²) in [6, 6.07) is 12.1. The Balaban J connectivity index is 1.32. The maximum atomic E-state index is 10.4. The molecule has 234 valence electrons. The first-order valence-corrected chi connectivity index (χ1v) is 15.1. The molecule has 3 saturated heterocycles. The van der Waals surface area contributed by atoms with E-state index in [2.05, 4.69) is 53.8 Å². The van der Waals surface area contributed by atoms with E-state index < -0.39 is 61.5 Å². The number of benzene rings is 2. The van der Waals surface area contributed by atoms with Crippen LogP contribution in [0, 0.1) is 23.7 Å². The molecule has 9 atom stereocenters. The van der Waals surface area contributed by atoms with Crippen LogP contribution in [0.4, 0.5) is 0 Å². The quantitative estimate of drug-likeness (QED) is 0.214. The standard InChI is InChI=1S/C34H39NO9/c1-35-12-10-34(11-13-35)24-14-19(4-8-27-30(39)26(38)16-21(17-36)43-27)2-6-22(24)23-7-3-20(15-25(23)34)5-9-28-31(40)33(42)32(41)29(18-37)44-28/h2-3,6-7,14-15,21,26-33,36-42H,10-13,16-18H2,1H3/t21?,26?,27?,28?,29?,30?,31?,32-,33?/m1/s1. The van der Waals surface area contributed by atoms with E-state index in [0.29, 0.717) is 5.56 Å². The summed E-state index contributed by atoms with van der Waals surface area (Å²) in [4.78, 5) is 2.31. The second-order valence-corrected chi connectivity index (χ2v) is 12.3. The van der Waals surface area contributed by atoms with E-state index in [1.165, 1.54) is 5.56 Å². The van der Waals surface area contributed by atoms with Crippen LogP contribution in [-0.4, -0.2) is 129 Å². The summed E-state index contributed by atoms with van der Waals surface area (Å²) < 4.78 is 11.3. The fraction of sp³-hybridized carbons (Fsp3) is 0.529. The van der Waals surface area contributed by atoms with Gasteiger partial charge in [-0.25, -0.2) is 0 Å². The van der Waals surface area contributed by atoms with Gasteiger partial charge in [0.05, 0.1) is 25.4 Å². The molecule has 3 fully saturated rings. The third-order valence-electron chi connectivity index (χ3n) is 9.56. The topological polar surface area (TPSA) is 163 Å². The van der Waals surface area contributed by atoms with Crippen molar-refractivity contribution in [2.24, 2.45) is 0 Å². The molecule has 0 bridgehead atoms. The van der Waals surface area contributed by atoms with Crippen molar-refractivity contribution in [2.75, 3.05) is 33.4 Å². The third-order valence-corrected chi connectivity index (χ3v) is 9.56. The van der Waals surface area contributed by atoms with Crippen molar-refractivity contribution in [1.29, 1.82) is 0 Å². The number of likely N-dealkylation sites (tertiary alicyclic amines) is 1. The van der Waals surface area contributed by atoms with Crippen molar-refractivity contribution in [2.45, 2.75) is 79.6 Å². The molecule has 0 amide bonds. The molecule has 0 radical (unpaired) electrons. The van der Waals surface area contributed by atoms with E-state index in [9.17, 15) is 35.7 Å². The van der Waals surface area contributed by atoms with Crippen LogP contribution in [-0.2, 0) is 14.9 Å². The highest BCUT2D eigenvalue weighted by atomic mass is 16.5. The first-order valence-electron chi connectivity index (χ1n) is 15.1. The highest BCUT2D eigenvalue weighted by Crippen LogP contribution is 2.54. The van der Waals surface area contributed by atoms with Crippen molar-refractivity contribution in [1.82, 2.24) is 4.90 Å². The Morgan fingerprint density at radius 2 is 1.32 bits per heavy atom. The van der Waals surface area contributed by atoms with Crippen LogP contribution >= 0.6 is 0 Å². The van der Waals surface area contributed by atoms with Crippen LogP contribution < -0.4 is 0 Å². The van der Waals surface area contributed by atoms with E-state index >= 15 is 0 Å². The molecule has 3 aliphatic heterocycles. The minimum atomic E-state index is -1.48. The van der Waals surface area contributed by atoms with Gasteiger partial charge in [-0.3, -0.25) is 0 Å². The molecular weight excluding hydrogens is 566 g/mol. The number of fused-ring (bicyclic) bond motifs is 5. The number of ether oxygens (including phenoxy) is 2. The number of hydrogen-bond donors (Lipinski definition) is 7. The van der Waals surface area contributed by atoms with Crippen LogP contribution in [0.3, 0.4) is 0 Å². The molecule has 6 rings (SSSR count). The van der Waals surface area contributed by atoms with E-state index in [1.807, 2.05) is 18.2 Å². The van der Waals surface area contributed by atoms with Crippen LogP contribution in [0.25, 0.3) is 11.1 Å². The van der Waals surface area contributed by atoms with Crippen molar-refractivity contribution in [3.05, 3.63) is 58.7 Å². The minimum absolute atomic E-state index is 0.152. The van der Waals surface area contributed by atoms with Gasteiger partial charge in [0.25, 0.3) is 0 Å². The SMILES string of the molecule is CN1CCC2(CC1)c1cc(C#CC3OC(CO)CC(O)C3O)ccc1-c1ccc(C#CC3OC(CO)[C@@H](O)C(O)C3O)cc12. The van der Waals surface area contributed by atoms with Crippen LogP contribution in [0.15, 0.2) is 36.4 Å². The van der Waals surface area contributed by atoms with E-state index in [1.54, 1.807) is 0 Å². The van der Waals surface area contributed by atoms with Crippen LogP contribution in [0.5, 0.6) is 0 Å². The second kappa shape index (κ2) is 12.5. The van der Waals surface area contributed by atoms with Gasteiger partial charge in [0, 0.05) is 23.0 Å². The van der Waals surface area contributed by atoms with Gasteiger partial charge < -0.3 is 50.1 Å². The van der Waals surface area contributed by atoms with Gasteiger partial charge >= 0.3 is 0 Å². The van der Waals surface area contributed by atoms with Crippen molar-refractivity contribution in [3.8, 4) is 34.8 Å². The van der Waals surface area contributed by atoms with Crippen molar-refractivity contribution < 1.29 is 45.2 Å². The summed E-state index contributed by atoms with van der Waals surface area (Å²) in [5.41, 5.74) is 5.77. The molecule has 1 spiro atoms. The zero-order valence-corrected chi connectivity index (χ0v) is 24.5. The Hall–Kier alpha value is -2.84. The lowest BCUT2D eigenvalue weighted by molar-refractivity contribution is -0.214. The maximum Gasteiger partial charge on any atom is 0.147 e. The predicted molar refractivity (Wildman–Crippen MR) is 159 cm³/mol. The molecule has 0 saturated carbocycles. The Labute approximate surface area is 256 Å². The second-order valence-electron chi connectivity index (χ2n) is 12.3. The maximum absolute atomic E-state index is 10.4. The molecule has 8 unspecified atom stereocenters. The molecule has 1 aliphatic carbocycles. The lowest BCUT2D eigenvalue weighted by Crippen LogP contribution is -2.58. The molecule has 2 aromatic carbocycles. The first kappa shape index (κ1) is 31.2. The number of piperidine rings is 1. The molecule has 2 aromatic rings. The van der Waals surface area contributed by atoms with Gasteiger partial charge in [-0.1, -0.05) is 35.8 Å². The lowest BCUT2D eigenvalue weighted by Gasteiger charge is -2.39. The van der Waals surface area contributed by atoms with Gasteiger partial charge in [0.15, 0.2) is 0 Å². The molecule has 10 nitrogen and oxygen atoms in total. The van der Waals surface area contributed by atoms with Crippen LogP contribution in [0.2, 0.25) is 0 Å². The number of rotatable bonds is 2. The molecule has 3 heterocycles. The Morgan fingerprint density at radius 1 is 0.750 bits per heavy atom. The third kappa shape index (κ3) is 5.57. The average molecular weight is 606 g/mol. The fourth-order valence-electron chi connectivity index (χ4n) is 6.91. The Morgan fingerprint density at radius 3 is 1.86 bits per heavy atom. The van der Waals surface area contributed by atoms with Gasteiger partial charge in [-0.2, -0.15) is 0 Å². The molecule has 10 heteroatoms. The van der Waals surface area contributed by atoms with E-state index in [4.69, 9.17) is 9.47 Å². The van der Waals surface area contributed by atoms with Crippen molar-refractivity contribution >= 4 is 0 Å². The molecule has 4 aliphatic rings.